The van der Waals surface area contributed by atoms with Crippen LogP contribution >= 0.6 is 15.9 Å². The minimum atomic E-state index is 0.832. The second kappa shape index (κ2) is 3.68. The van der Waals surface area contributed by atoms with E-state index >= 15 is 0 Å². The van der Waals surface area contributed by atoms with E-state index in [0.717, 1.165) is 16.7 Å². The number of likely N-dealkylation sites (tertiary alicyclic amines) is 1. The van der Waals surface area contributed by atoms with Gasteiger partial charge < -0.3 is 5.73 Å². The molecule has 1 aliphatic heterocycles. The highest BCUT2D eigenvalue weighted by Crippen LogP contribution is 2.25. The fraction of sp³-hybridized carbons (Fsp3) is 0.400. The predicted molar refractivity (Wildman–Crippen MR) is 58.4 cm³/mol. The van der Waals surface area contributed by atoms with Gasteiger partial charge in [-0.2, -0.15) is 0 Å². The molecule has 0 radical (unpaired) electrons. The summed E-state index contributed by atoms with van der Waals surface area (Å²) in [6.07, 6.45) is 1.33. The molecule has 0 aliphatic carbocycles. The van der Waals surface area contributed by atoms with Gasteiger partial charge >= 0.3 is 0 Å². The van der Waals surface area contributed by atoms with E-state index < -0.39 is 0 Å². The van der Waals surface area contributed by atoms with Gasteiger partial charge in [-0.25, -0.2) is 0 Å². The van der Waals surface area contributed by atoms with E-state index in [9.17, 15) is 0 Å². The molecule has 2 nitrogen and oxygen atoms in total. The first kappa shape index (κ1) is 9.03. The second-order valence-corrected chi connectivity index (χ2v) is 4.24. The molecule has 0 saturated carbocycles. The molecule has 1 aromatic rings. The third kappa shape index (κ3) is 1.86. The maximum absolute atomic E-state index is 5.79. The Kier molecular flexibility index (Phi) is 2.56. The van der Waals surface area contributed by atoms with Crippen LogP contribution in [0.3, 0.4) is 0 Å². The molecule has 1 saturated heterocycles. The highest BCUT2D eigenvalue weighted by Gasteiger charge is 2.15. The van der Waals surface area contributed by atoms with Gasteiger partial charge in [0.1, 0.15) is 0 Å². The Morgan fingerprint density at radius 3 is 2.77 bits per heavy atom. The standard InChI is InChI=1S/C10H13BrN2/c11-10-8(3-1-4-9(10)12)7-13-5-2-6-13/h1,3-4H,2,5-7,12H2. The number of rotatable bonds is 2. The lowest BCUT2D eigenvalue weighted by Gasteiger charge is -2.31. The fourth-order valence-electron chi connectivity index (χ4n) is 1.50. The van der Waals surface area contributed by atoms with Crippen LogP contribution in [-0.2, 0) is 6.54 Å². The summed E-state index contributed by atoms with van der Waals surface area (Å²) in [6.45, 7) is 3.47. The van der Waals surface area contributed by atoms with E-state index in [1.54, 1.807) is 0 Å². The van der Waals surface area contributed by atoms with Crippen LogP contribution in [-0.4, -0.2) is 18.0 Å². The van der Waals surface area contributed by atoms with Gasteiger partial charge in [0.05, 0.1) is 0 Å². The summed E-state index contributed by atoms with van der Waals surface area (Å²) < 4.78 is 1.06. The van der Waals surface area contributed by atoms with Crippen LogP contribution in [0.1, 0.15) is 12.0 Å². The van der Waals surface area contributed by atoms with Crippen molar-refractivity contribution in [1.82, 2.24) is 4.90 Å². The topological polar surface area (TPSA) is 29.3 Å². The van der Waals surface area contributed by atoms with Crippen molar-refractivity contribution >= 4 is 21.6 Å². The summed E-state index contributed by atoms with van der Waals surface area (Å²) in [4.78, 5) is 2.42. The molecular formula is C10H13BrN2. The van der Waals surface area contributed by atoms with Crippen molar-refractivity contribution in [3.8, 4) is 0 Å². The van der Waals surface area contributed by atoms with Crippen LogP contribution < -0.4 is 5.73 Å². The van der Waals surface area contributed by atoms with E-state index in [1.807, 2.05) is 12.1 Å². The molecule has 1 aliphatic rings. The Labute approximate surface area is 86.9 Å². The fourth-order valence-corrected chi connectivity index (χ4v) is 1.89. The van der Waals surface area contributed by atoms with Crippen molar-refractivity contribution in [2.45, 2.75) is 13.0 Å². The lowest BCUT2D eigenvalue weighted by molar-refractivity contribution is 0.172. The van der Waals surface area contributed by atoms with Crippen LogP contribution in [0.5, 0.6) is 0 Å². The van der Waals surface area contributed by atoms with E-state index in [1.165, 1.54) is 25.1 Å². The average molecular weight is 241 g/mol. The van der Waals surface area contributed by atoms with Crippen molar-refractivity contribution in [2.24, 2.45) is 0 Å². The number of hydrogen-bond donors (Lipinski definition) is 1. The number of hydrogen-bond acceptors (Lipinski definition) is 2. The number of nitrogen functional groups attached to an aromatic ring is 1. The number of nitrogens with zero attached hydrogens (tertiary/aromatic N) is 1. The molecule has 1 heterocycles. The summed E-state index contributed by atoms with van der Waals surface area (Å²) in [6, 6.07) is 6.05. The summed E-state index contributed by atoms with van der Waals surface area (Å²) in [5.74, 6) is 0. The van der Waals surface area contributed by atoms with Crippen LogP contribution in [0.25, 0.3) is 0 Å². The molecule has 0 atom stereocenters. The molecule has 3 heteroatoms. The van der Waals surface area contributed by atoms with Gasteiger partial charge in [-0.15, -0.1) is 0 Å². The van der Waals surface area contributed by atoms with Crippen LogP contribution in [0.4, 0.5) is 5.69 Å². The molecule has 13 heavy (non-hydrogen) atoms. The number of halogens is 1. The number of nitrogens with two attached hydrogens (primary N) is 1. The van der Waals surface area contributed by atoms with Crippen molar-refractivity contribution in [3.05, 3.63) is 28.2 Å². The molecule has 1 aromatic carbocycles. The maximum atomic E-state index is 5.79. The lowest BCUT2D eigenvalue weighted by atomic mass is 10.1. The van der Waals surface area contributed by atoms with Gasteiger partial charge in [0.15, 0.2) is 0 Å². The molecule has 1 fully saturated rings. The molecule has 0 aromatic heterocycles. The first-order valence-electron chi connectivity index (χ1n) is 4.52. The minimum Gasteiger partial charge on any atom is -0.398 e. The number of anilines is 1. The summed E-state index contributed by atoms with van der Waals surface area (Å²) >= 11 is 3.51. The Morgan fingerprint density at radius 1 is 1.38 bits per heavy atom. The Bertz CT molecular complexity index is 308. The summed E-state index contributed by atoms with van der Waals surface area (Å²) in [5.41, 5.74) is 7.91. The predicted octanol–water partition coefficient (Wildman–Crippen LogP) is 2.24. The summed E-state index contributed by atoms with van der Waals surface area (Å²) in [5, 5.41) is 0. The minimum absolute atomic E-state index is 0.832. The van der Waals surface area contributed by atoms with Crippen LogP contribution in [0, 0.1) is 0 Å². The molecule has 2 rings (SSSR count). The molecule has 0 amide bonds. The van der Waals surface area contributed by atoms with Gasteiger partial charge in [0.2, 0.25) is 0 Å². The highest BCUT2D eigenvalue weighted by molar-refractivity contribution is 9.10. The largest absolute Gasteiger partial charge is 0.398 e. The molecular weight excluding hydrogens is 228 g/mol. The normalized spacial score (nSPS) is 17.0. The Balaban J connectivity index is 2.14. The Morgan fingerprint density at radius 2 is 2.15 bits per heavy atom. The van der Waals surface area contributed by atoms with Crippen molar-refractivity contribution < 1.29 is 0 Å². The van der Waals surface area contributed by atoms with Crippen molar-refractivity contribution in [1.29, 1.82) is 0 Å². The smallest absolute Gasteiger partial charge is 0.0461 e. The second-order valence-electron chi connectivity index (χ2n) is 3.45. The van der Waals surface area contributed by atoms with Gasteiger partial charge in [-0.3, -0.25) is 4.90 Å². The third-order valence-corrected chi connectivity index (χ3v) is 3.42. The molecule has 70 valence electrons. The summed E-state index contributed by atoms with van der Waals surface area (Å²) in [7, 11) is 0. The Hall–Kier alpha value is -0.540. The van der Waals surface area contributed by atoms with Crippen molar-refractivity contribution in [2.75, 3.05) is 18.8 Å². The zero-order chi connectivity index (χ0) is 9.26. The average Bonchev–Trinajstić information content (AvgIpc) is 2.04. The van der Waals surface area contributed by atoms with E-state index in [2.05, 4.69) is 26.9 Å². The van der Waals surface area contributed by atoms with Gasteiger partial charge in [-0.1, -0.05) is 12.1 Å². The van der Waals surface area contributed by atoms with Gasteiger partial charge in [0, 0.05) is 16.7 Å². The SMILES string of the molecule is Nc1cccc(CN2CCC2)c1Br. The molecule has 0 bridgehead atoms. The zero-order valence-corrected chi connectivity index (χ0v) is 9.05. The molecule has 0 spiro atoms. The quantitative estimate of drug-likeness (QED) is 0.804. The highest BCUT2D eigenvalue weighted by atomic mass is 79.9. The first-order chi connectivity index (χ1) is 6.27. The third-order valence-electron chi connectivity index (χ3n) is 2.45. The molecule has 2 N–H and O–H groups in total. The zero-order valence-electron chi connectivity index (χ0n) is 7.46. The lowest BCUT2D eigenvalue weighted by Crippen LogP contribution is -2.36. The first-order valence-corrected chi connectivity index (χ1v) is 5.32. The maximum Gasteiger partial charge on any atom is 0.0461 e. The van der Waals surface area contributed by atoms with Crippen LogP contribution in [0.2, 0.25) is 0 Å². The molecule has 0 unspecified atom stereocenters. The van der Waals surface area contributed by atoms with E-state index in [0.29, 0.717) is 0 Å². The monoisotopic (exact) mass is 240 g/mol. The van der Waals surface area contributed by atoms with Crippen molar-refractivity contribution in [3.63, 3.8) is 0 Å². The van der Waals surface area contributed by atoms with Gasteiger partial charge in [-0.05, 0) is 47.1 Å². The van der Waals surface area contributed by atoms with Crippen LogP contribution in [0.15, 0.2) is 22.7 Å². The van der Waals surface area contributed by atoms with E-state index in [-0.39, 0.29) is 0 Å². The number of benzene rings is 1. The van der Waals surface area contributed by atoms with Gasteiger partial charge in [0.25, 0.3) is 0 Å². The van der Waals surface area contributed by atoms with E-state index in [4.69, 9.17) is 5.73 Å².